The van der Waals surface area contributed by atoms with Crippen molar-refractivity contribution in [2.45, 2.75) is 38.6 Å². The van der Waals surface area contributed by atoms with E-state index in [9.17, 15) is 0 Å². The minimum atomic E-state index is -0.304. The van der Waals surface area contributed by atoms with Gasteiger partial charge in [-0.15, -0.1) is 0 Å². The van der Waals surface area contributed by atoms with Crippen molar-refractivity contribution in [2.75, 3.05) is 0 Å². The van der Waals surface area contributed by atoms with E-state index in [-0.39, 0.29) is 6.04 Å². The van der Waals surface area contributed by atoms with E-state index in [4.69, 9.17) is 10.3 Å². The first-order valence-corrected chi connectivity index (χ1v) is 6.31. The predicted molar refractivity (Wildman–Crippen MR) is 68.2 cm³/mol. The van der Waals surface area contributed by atoms with Crippen LogP contribution >= 0.6 is 0 Å². The monoisotopic (exact) mass is 243 g/mol. The third-order valence-corrected chi connectivity index (χ3v) is 3.42. The van der Waals surface area contributed by atoms with Crippen LogP contribution in [-0.2, 0) is 0 Å². The fraction of sp³-hybridized carbons (Fsp3) is 0.429. The molecule has 0 saturated heterocycles. The van der Waals surface area contributed by atoms with E-state index >= 15 is 0 Å². The minimum Gasteiger partial charge on any atom is -0.339 e. The molecule has 1 saturated carbocycles. The van der Waals surface area contributed by atoms with Gasteiger partial charge in [-0.3, -0.25) is 0 Å². The first kappa shape index (κ1) is 11.4. The van der Waals surface area contributed by atoms with Crippen LogP contribution in [0.1, 0.15) is 53.2 Å². The van der Waals surface area contributed by atoms with Gasteiger partial charge in [-0.2, -0.15) is 4.98 Å². The summed E-state index contributed by atoms with van der Waals surface area (Å²) in [7, 11) is 0. The van der Waals surface area contributed by atoms with Crippen LogP contribution in [0.5, 0.6) is 0 Å². The third-order valence-electron chi connectivity index (χ3n) is 3.42. The average Bonchev–Trinajstić information content (AvgIpc) is 3.06. The molecule has 94 valence electrons. The number of aryl methyl sites for hydroxylation is 2. The van der Waals surface area contributed by atoms with Gasteiger partial charge >= 0.3 is 0 Å². The van der Waals surface area contributed by atoms with Crippen molar-refractivity contribution >= 4 is 0 Å². The summed E-state index contributed by atoms with van der Waals surface area (Å²) in [4.78, 5) is 4.41. The highest BCUT2D eigenvalue weighted by Gasteiger charge is 2.30. The van der Waals surface area contributed by atoms with Crippen molar-refractivity contribution in [3.05, 3.63) is 46.6 Å². The van der Waals surface area contributed by atoms with Gasteiger partial charge in [0.2, 0.25) is 5.89 Å². The Labute approximate surface area is 106 Å². The molecule has 1 aromatic carbocycles. The number of benzene rings is 1. The molecule has 1 aliphatic rings. The van der Waals surface area contributed by atoms with E-state index in [1.165, 1.54) is 11.1 Å². The standard InChI is InChI=1S/C14H17N3O/c1-8-3-6-11(9(2)7-8)12(15)13-16-14(18-17-13)10-4-5-10/h3,6-7,10,12H,4-5,15H2,1-2H3. The molecule has 0 amide bonds. The maximum atomic E-state index is 6.22. The Hall–Kier alpha value is -1.68. The highest BCUT2D eigenvalue weighted by molar-refractivity contribution is 5.35. The molecule has 1 aliphatic carbocycles. The minimum absolute atomic E-state index is 0.304. The lowest BCUT2D eigenvalue weighted by Gasteiger charge is -2.11. The van der Waals surface area contributed by atoms with E-state index in [0.717, 1.165) is 24.3 Å². The largest absolute Gasteiger partial charge is 0.339 e. The smallest absolute Gasteiger partial charge is 0.229 e. The first-order chi connectivity index (χ1) is 8.65. The molecule has 18 heavy (non-hydrogen) atoms. The van der Waals surface area contributed by atoms with E-state index in [1.54, 1.807) is 0 Å². The van der Waals surface area contributed by atoms with Crippen LogP contribution in [0, 0.1) is 13.8 Å². The van der Waals surface area contributed by atoms with Crippen molar-refractivity contribution in [2.24, 2.45) is 5.73 Å². The second kappa shape index (κ2) is 4.21. The summed E-state index contributed by atoms with van der Waals surface area (Å²) in [5.74, 6) is 1.80. The molecule has 4 heteroatoms. The molecule has 1 fully saturated rings. The Morgan fingerprint density at radius 3 is 2.78 bits per heavy atom. The van der Waals surface area contributed by atoms with Crippen LogP contribution in [0.3, 0.4) is 0 Å². The number of nitrogens with zero attached hydrogens (tertiary/aromatic N) is 2. The Balaban J connectivity index is 1.89. The lowest BCUT2D eigenvalue weighted by molar-refractivity contribution is 0.372. The van der Waals surface area contributed by atoms with Gasteiger partial charge in [-0.1, -0.05) is 28.9 Å². The molecule has 2 aromatic rings. The van der Waals surface area contributed by atoms with E-state index in [1.807, 2.05) is 6.07 Å². The fourth-order valence-corrected chi connectivity index (χ4v) is 2.18. The molecule has 1 heterocycles. The number of hydrogen-bond donors (Lipinski definition) is 1. The van der Waals surface area contributed by atoms with Crippen LogP contribution in [-0.4, -0.2) is 10.1 Å². The molecule has 0 aliphatic heterocycles. The fourth-order valence-electron chi connectivity index (χ4n) is 2.18. The van der Waals surface area contributed by atoms with E-state index in [0.29, 0.717) is 11.7 Å². The Morgan fingerprint density at radius 1 is 1.33 bits per heavy atom. The average molecular weight is 243 g/mol. The van der Waals surface area contributed by atoms with Gasteiger partial charge in [0.15, 0.2) is 5.82 Å². The Kier molecular flexibility index (Phi) is 2.67. The van der Waals surface area contributed by atoms with Crippen LogP contribution in [0.25, 0.3) is 0 Å². The van der Waals surface area contributed by atoms with Crippen molar-refractivity contribution < 1.29 is 4.52 Å². The van der Waals surface area contributed by atoms with Gasteiger partial charge in [0.25, 0.3) is 0 Å². The molecule has 0 bridgehead atoms. The molecule has 0 radical (unpaired) electrons. The maximum absolute atomic E-state index is 6.22. The summed E-state index contributed by atoms with van der Waals surface area (Å²) >= 11 is 0. The second-order valence-electron chi connectivity index (χ2n) is 5.10. The number of hydrogen-bond acceptors (Lipinski definition) is 4. The van der Waals surface area contributed by atoms with Crippen LogP contribution in [0.2, 0.25) is 0 Å². The van der Waals surface area contributed by atoms with E-state index < -0.39 is 0 Å². The van der Waals surface area contributed by atoms with Crippen LogP contribution < -0.4 is 5.73 Å². The van der Waals surface area contributed by atoms with Gasteiger partial charge < -0.3 is 10.3 Å². The maximum Gasteiger partial charge on any atom is 0.229 e. The number of aromatic nitrogens is 2. The quantitative estimate of drug-likeness (QED) is 0.900. The summed E-state index contributed by atoms with van der Waals surface area (Å²) < 4.78 is 5.25. The first-order valence-electron chi connectivity index (χ1n) is 6.31. The third kappa shape index (κ3) is 2.04. The highest BCUT2D eigenvalue weighted by Crippen LogP contribution is 2.39. The summed E-state index contributed by atoms with van der Waals surface area (Å²) in [5.41, 5.74) is 9.67. The van der Waals surface area contributed by atoms with Crippen LogP contribution in [0.4, 0.5) is 0 Å². The van der Waals surface area contributed by atoms with Crippen molar-refractivity contribution in [1.82, 2.24) is 10.1 Å². The van der Waals surface area contributed by atoms with Crippen LogP contribution in [0.15, 0.2) is 22.7 Å². The Morgan fingerprint density at radius 2 is 2.11 bits per heavy atom. The van der Waals surface area contributed by atoms with Gasteiger partial charge in [0, 0.05) is 5.92 Å². The SMILES string of the molecule is Cc1ccc(C(N)c2noc(C3CC3)n2)c(C)c1. The number of rotatable bonds is 3. The second-order valence-corrected chi connectivity index (χ2v) is 5.10. The van der Waals surface area contributed by atoms with Gasteiger partial charge in [-0.25, -0.2) is 0 Å². The predicted octanol–water partition coefficient (Wildman–Crippen LogP) is 2.61. The summed E-state index contributed by atoms with van der Waals surface area (Å²) in [6.45, 7) is 4.13. The highest BCUT2D eigenvalue weighted by atomic mass is 16.5. The molecule has 1 unspecified atom stereocenters. The van der Waals surface area contributed by atoms with Crippen molar-refractivity contribution in [1.29, 1.82) is 0 Å². The van der Waals surface area contributed by atoms with Gasteiger partial charge in [0.1, 0.15) is 0 Å². The lowest BCUT2D eigenvalue weighted by atomic mass is 9.99. The lowest BCUT2D eigenvalue weighted by Crippen LogP contribution is -2.15. The van der Waals surface area contributed by atoms with Crippen molar-refractivity contribution in [3.8, 4) is 0 Å². The molecule has 3 rings (SSSR count). The number of nitrogens with two attached hydrogens (primary N) is 1. The van der Waals surface area contributed by atoms with Gasteiger partial charge in [0.05, 0.1) is 6.04 Å². The Bertz CT molecular complexity index is 572. The summed E-state index contributed by atoms with van der Waals surface area (Å²) in [6, 6.07) is 5.92. The summed E-state index contributed by atoms with van der Waals surface area (Å²) in [5, 5.41) is 4.01. The zero-order valence-corrected chi connectivity index (χ0v) is 10.7. The zero-order chi connectivity index (χ0) is 12.7. The zero-order valence-electron chi connectivity index (χ0n) is 10.7. The molecule has 1 atom stereocenters. The topological polar surface area (TPSA) is 64.9 Å². The van der Waals surface area contributed by atoms with Crippen molar-refractivity contribution in [3.63, 3.8) is 0 Å². The molecule has 2 N–H and O–H groups in total. The normalized spacial score (nSPS) is 16.8. The molecule has 0 spiro atoms. The van der Waals surface area contributed by atoms with E-state index in [2.05, 4.69) is 36.1 Å². The molecule has 4 nitrogen and oxygen atoms in total. The molecular weight excluding hydrogens is 226 g/mol. The molecule has 1 aromatic heterocycles. The summed E-state index contributed by atoms with van der Waals surface area (Å²) in [6.07, 6.45) is 2.31. The van der Waals surface area contributed by atoms with Gasteiger partial charge in [-0.05, 0) is 37.8 Å². The molecular formula is C14H17N3O.